The zero-order chi connectivity index (χ0) is 19.3. The van der Waals surface area contributed by atoms with Crippen molar-refractivity contribution < 1.29 is 9.59 Å². The molecule has 2 aliphatic carbocycles. The summed E-state index contributed by atoms with van der Waals surface area (Å²) in [5.41, 5.74) is 0. The monoisotopic (exact) mass is 364 g/mol. The summed E-state index contributed by atoms with van der Waals surface area (Å²) in [5, 5.41) is 6.36. The fourth-order valence-corrected chi connectivity index (χ4v) is 4.58. The number of carbonyl (C=O) groups excluding carboxylic acids is 2. The largest absolute Gasteiger partial charge is 0.351 e. The second kappa shape index (κ2) is 9.75. The average Bonchev–Trinajstić information content (AvgIpc) is 2.58. The summed E-state index contributed by atoms with van der Waals surface area (Å²) in [4.78, 5) is 25.7. The molecule has 150 valence electrons. The van der Waals surface area contributed by atoms with Crippen LogP contribution in [0.2, 0.25) is 0 Å². The lowest BCUT2D eigenvalue weighted by atomic mass is 9.78. The van der Waals surface area contributed by atoms with Crippen LogP contribution < -0.4 is 10.6 Å². The van der Waals surface area contributed by atoms with Crippen molar-refractivity contribution in [3.05, 3.63) is 0 Å². The summed E-state index contributed by atoms with van der Waals surface area (Å²) >= 11 is 0. The molecule has 0 bridgehead atoms. The Kier molecular flexibility index (Phi) is 7.97. The molecule has 4 heteroatoms. The molecule has 4 nitrogen and oxygen atoms in total. The predicted octanol–water partition coefficient (Wildman–Crippen LogP) is 4.28. The summed E-state index contributed by atoms with van der Waals surface area (Å²) in [7, 11) is 0. The molecule has 2 N–H and O–H groups in total. The molecule has 0 aliphatic heterocycles. The molecule has 2 rings (SSSR count). The molecule has 0 heterocycles. The zero-order valence-corrected chi connectivity index (χ0v) is 17.5. The molecule has 0 spiro atoms. The van der Waals surface area contributed by atoms with E-state index in [0.29, 0.717) is 24.2 Å². The maximum Gasteiger partial charge on any atom is 0.242 e. The number of hydrogen-bond donors (Lipinski definition) is 2. The zero-order valence-electron chi connectivity index (χ0n) is 17.5. The molecule has 26 heavy (non-hydrogen) atoms. The second-order valence-electron chi connectivity index (χ2n) is 9.53. The van der Waals surface area contributed by atoms with Crippen LogP contribution in [0.3, 0.4) is 0 Å². The van der Waals surface area contributed by atoms with Gasteiger partial charge in [0.1, 0.15) is 6.04 Å². The quantitative estimate of drug-likeness (QED) is 0.739. The Labute approximate surface area is 160 Å². The lowest BCUT2D eigenvalue weighted by Crippen LogP contribution is -2.53. The highest BCUT2D eigenvalue weighted by Gasteiger charge is 2.32. The van der Waals surface area contributed by atoms with Crippen LogP contribution in [0.1, 0.15) is 86.0 Å². The normalized spacial score (nSPS) is 33.5. The molecule has 2 aliphatic rings. The van der Waals surface area contributed by atoms with Gasteiger partial charge in [-0.15, -0.1) is 0 Å². The van der Waals surface area contributed by atoms with Crippen molar-refractivity contribution in [3.63, 3.8) is 0 Å². The fourth-order valence-electron chi connectivity index (χ4n) is 4.58. The number of rotatable bonds is 6. The number of hydrogen-bond acceptors (Lipinski definition) is 2. The van der Waals surface area contributed by atoms with Crippen LogP contribution in [0.15, 0.2) is 0 Å². The van der Waals surface area contributed by atoms with Crippen LogP contribution in [-0.4, -0.2) is 23.9 Å². The van der Waals surface area contributed by atoms with E-state index in [9.17, 15) is 9.59 Å². The van der Waals surface area contributed by atoms with Crippen LogP contribution in [0, 0.1) is 29.6 Å². The van der Waals surface area contributed by atoms with Gasteiger partial charge in [-0.3, -0.25) is 9.59 Å². The fraction of sp³-hybridized carbons (Fsp3) is 0.909. The Morgan fingerprint density at radius 1 is 0.962 bits per heavy atom. The molecular weight excluding hydrogens is 324 g/mol. The van der Waals surface area contributed by atoms with E-state index in [2.05, 4.69) is 45.3 Å². The lowest BCUT2D eigenvalue weighted by Gasteiger charge is -2.36. The topological polar surface area (TPSA) is 58.2 Å². The van der Waals surface area contributed by atoms with Gasteiger partial charge in [-0.25, -0.2) is 0 Å². The maximum absolute atomic E-state index is 12.9. The third-order valence-corrected chi connectivity index (χ3v) is 6.76. The molecule has 0 aromatic carbocycles. The third kappa shape index (κ3) is 5.99. The van der Waals surface area contributed by atoms with Crippen LogP contribution in [0.25, 0.3) is 0 Å². The van der Waals surface area contributed by atoms with Crippen LogP contribution in [-0.2, 0) is 9.59 Å². The summed E-state index contributed by atoms with van der Waals surface area (Å²) in [6, 6.07) is -0.153. The smallest absolute Gasteiger partial charge is 0.242 e. The SMILES string of the molecule is CC(C)C[C@H](NC(=O)C1CCC(C)CC1)C(=O)N[C@@H]1CCC[C@@H](C)[C@H]1C. The van der Waals surface area contributed by atoms with Gasteiger partial charge in [-0.1, -0.05) is 47.5 Å². The van der Waals surface area contributed by atoms with Crippen molar-refractivity contribution in [3.8, 4) is 0 Å². The van der Waals surface area contributed by atoms with Gasteiger partial charge in [0.15, 0.2) is 0 Å². The van der Waals surface area contributed by atoms with Gasteiger partial charge < -0.3 is 10.6 Å². The molecule has 2 fully saturated rings. The Balaban J connectivity index is 1.94. The molecule has 0 unspecified atom stereocenters. The Hall–Kier alpha value is -1.06. The average molecular weight is 365 g/mol. The van der Waals surface area contributed by atoms with Gasteiger partial charge in [0.25, 0.3) is 0 Å². The maximum atomic E-state index is 12.9. The molecule has 0 aromatic heterocycles. The Morgan fingerprint density at radius 2 is 1.62 bits per heavy atom. The predicted molar refractivity (Wildman–Crippen MR) is 107 cm³/mol. The number of amides is 2. The molecular formula is C22H40N2O2. The van der Waals surface area contributed by atoms with Crippen molar-refractivity contribution in [2.24, 2.45) is 29.6 Å². The Morgan fingerprint density at radius 3 is 2.23 bits per heavy atom. The van der Waals surface area contributed by atoms with E-state index in [1.807, 2.05) is 0 Å². The van der Waals surface area contributed by atoms with E-state index in [4.69, 9.17) is 0 Å². The molecule has 0 saturated heterocycles. The van der Waals surface area contributed by atoms with Crippen LogP contribution in [0.4, 0.5) is 0 Å². The first-order valence-electron chi connectivity index (χ1n) is 10.9. The van der Waals surface area contributed by atoms with Crippen molar-refractivity contribution in [2.45, 2.75) is 98.1 Å². The van der Waals surface area contributed by atoms with E-state index in [0.717, 1.165) is 38.0 Å². The van der Waals surface area contributed by atoms with Gasteiger partial charge in [0.2, 0.25) is 11.8 Å². The van der Waals surface area contributed by atoms with Gasteiger partial charge in [-0.2, -0.15) is 0 Å². The summed E-state index contributed by atoms with van der Waals surface area (Å²) < 4.78 is 0. The standard InChI is InChI=1S/C22H40N2O2/c1-14(2)13-20(24-21(25)18-11-9-15(3)10-12-18)22(26)23-19-8-6-7-16(4)17(19)5/h14-20H,6-13H2,1-5H3,(H,23,26)(H,24,25)/t15?,16-,17-,18?,19-,20+/m1/s1. The molecule has 0 radical (unpaired) electrons. The van der Waals surface area contributed by atoms with E-state index in [-0.39, 0.29) is 23.8 Å². The van der Waals surface area contributed by atoms with Gasteiger partial charge in [-0.05, 0) is 62.2 Å². The van der Waals surface area contributed by atoms with E-state index in [1.165, 1.54) is 12.8 Å². The van der Waals surface area contributed by atoms with Gasteiger partial charge >= 0.3 is 0 Å². The minimum absolute atomic E-state index is 0.0159. The summed E-state index contributed by atoms with van der Waals surface area (Å²) in [6.45, 7) is 11.0. The van der Waals surface area contributed by atoms with Gasteiger partial charge in [0, 0.05) is 12.0 Å². The highest BCUT2D eigenvalue weighted by atomic mass is 16.2. The van der Waals surface area contributed by atoms with Gasteiger partial charge in [0.05, 0.1) is 0 Å². The minimum atomic E-state index is -0.397. The minimum Gasteiger partial charge on any atom is -0.351 e. The number of nitrogens with one attached hydrogen (secondary N) is 2. The Bertz CT molecular complexity index is 469. The van der Waals surface area contributed by atoms with E-state index < -0.39 is 6.04 Å². The summed E-state index contributed by atoms with van der Waals surface area (Å²) in [6.07, 6.45) is 8.35. The van der Waals surface area contributed by atoms with Crippen LogP contribution in [0.5, 0.6) is 0 Å². The lowest BCUT2D eigenvalue weighted by molar-refractivity contribution is -0.132. The first-order chi connectivity index (χ1) is 12.3. The van der Waals surface area contributed by atoms with E-state index >= 15 is 0 Å². The van der Waals surface area contributed by atoms with Crippen molar-refractivity contribution >= 4 is 11.8 Å². The highest BCUT2D eigenvalue weighted by Crippen LogP contribution is 2.30. The highest BCUT2D eigenvalue weighted by molar-refractivity contribution is 5.88. The molecule has 4 atom stereocenters. The van der Waals surface area contributed by atoms with Crippen LogP contribution >= 0.6 is 0 Å². The van der Waals surface area contributed by atoms with Crippen molar-refractivity contribution in [1.29, 1.82) is 0 Å². The molecule has 0 aromatic rings. The van der Waals surface area contributed by atoms with Crippen molar-refractivity contribution in [2.75, 3.05) is 0 Å². The van der Waals surface area contributed by atoms with E-state index in [1.54, 1.807) is 0 Å². The third-order valence-electron chi connectivity index (χ3n) is 6.76. The first-order valence-corrected chi connectivity index (χ1v) is 10.9. The second-order valence-corrected chi connectivity index (χ2v) is 9.53. The molecule has 2 amide bonds. The first kappa shape index (κ1) is 21.2. The molecule has 2 saturated carbocycles. The van der Waals surface area contributed by atoms with Crippen molar-refractivity contribution in [1.82, 2.24) is 10.6 Å². The summed E-state index contributed by atoms with van der Waals surface area (Å²) in [5.74, 6) is 2.44. The number of carbonyl (C=O) groups is 2.